The van der Waals surface area contributed by atoms with E-state index in [-0.39, 0.29) is 0 Å². The quantitative estimate of drug-likeness (QED) is 0.831. The molecule has 0 saturated heterocycles. The molecule has 4 nitrogen and oxygen atoms in total. The van der Waals surface area contributed by atoms with Gasteiger partial charge in [-0.15, -0.1) is 0 Å². The molecule has 2 aromatic heterocycles. The first kappa shape index (κ1) is 10.9. The third-order valence-electron chi connectivity index (χ3n) is 2.83. The third-order valence-corrected chi connectivity index (χ3v) is 2.83. The largest absolute Gasteiger partial charge is 0.276 e. The summed E-state index contributed by atoms with van der Waals surface area (Å²) in [4.78, 5) is 0. The molecule has 2 aromatic rings. The minimum absolute atomic E-state index is 0.456. The molecule has 0 aliphatic heterocycles. The number of hydrogen-bond donors (Lipinski definition) is 2. The Labute approximate surface area is 95.5 Å². The molecule has 2 N–H and O–H groups in total. The van der Waals surface area contributed by atoms with Crippen molar-refractivity contribution in [1.29, 1.82) is 0 Å². The van der Waals surface area contributed by atoms with Gasteiger partial charge in [0.25, 0.3) is 0 Å². The Morgan fingerprint density at radius 1 is 0.812 bits per heavy atom. The van der Waals surface area contributed by atoms with Gasteiger partial charge in [0.05, 0.1) is 23.8 Å². The molecule has 0 bridgehead atoms. The highest BCUT2D eigenvalue weighted by Gasteiger charge is 2.17. The summed E-state index contributed by atoms with van der Waals surface area (Å²) in [5.74, 6) is 0.911. The van der Waals surface area contributed by atoms with Gasteiger partial charge < -0.3 is 0 Å². The highest BCUT2D eigenvalue weighted by atomic mass is 15.2. The number of aromatic nitrogens is 4. The maximum atomic E-state index is 4.13. The average molecular weight is 218 g/mol. The number of H-pyrrole nitrogens is 2. The van der Waals surface area contributed by atoms with E-state index in [9.17, 15) is 0 Å². The molecule has 0 spiro atoms. The molecule has 0 atom stereocenters. The molecule has 4 heteroatoms. The van der Waals surface area contributed by atoms with E-state index in [0.29, 0.717) is 11.8 Å². The van der Waals surface area contributed by atoms with Gasteiger partial charge >= 0.3 is 0 Å². The van der Waals surface area contributed by atoms with E-state index in [1.54, 1.807) is 0 Å². The van der Waals surface area contributed by atoms with Gasteiger partial charge in [-0.3, -0.25) is 10.2 Å². The van der Waals surface area contributed by atoms with Crippen LogP contribution in [0, 0.1) is 0 Å². The molecule has 0 aliphatic carbocycles. The third kappa shape index (κ3) is 1.75. The Morgan fingerprint density at radius 3 is 1.50 bits per heavy atom. The van der Waals surface area contributed by atoms with Crippen LogP contribution in [0.25, 0.3) is 11.4 Å². The Balaban J connectivity index is 2.50. The van der Waals surface area contributed by atoms with E-state index in [1.807, 2.05) is 12.4 Å². The lowest BCUT2D eigenvalue weighted by atomic mass is 9.97. The molecule has 0 aliphatic rings. The smallest absolute Gasteiger partial charge is 0.0866 e. The van der Waals surface area contributed by atoms with E-state index in [4.69, 9.17) is 0 Å². The predicted molar refractivity (Wildman–Crippen MR) is 64.3 cm³/mol. The number of nitrogens with one attached hydrogen (secondary N) is 2. The number of hydrogen-bond acceptors (Lipinski definition) is 2. The lowest BCUT2D eigenvalue weighted by Gasteiger charge is -2.08. The topological polar surface area (TPSA) is 57.4 Å². The van der Waals surface area contributed by atoms with Crippen LogP contribution in [-0.4, -0.2) is 20.4 Å². The van der Waals surface area contributed by atoms with Crippen LogP contribution in [0.1, 0.15) is 50.7 Å². The van der Waals surface area contributed by atoms with Crippen molar-refractivity contribution in [3.8, 4) is 11.4 Å². The van der Waals surface area contributed by atoms with Gasteiger partial charge in [0, 0.05) is 11.1 Å². The lowest BCUT2D eigenvalue weighted by Crippen LogP contribution is -1.94. The van der Waals surface area contributed by atoms with Gasteiger partial charge in [-0.05, 0) is 11.8 Å². The van der Waals surface area contributed by atoms with Crippen molar-refractivity contribution in [2.24, 2.45) is 0 Å². The summed E-state index contributed by atoms with van der Waals surface area (Å²) < 4.78 is 0. The summed E-state index contributed by atoms with van der Waals surface area (Å²) in [6.07, 6.45) is 3.79. The highest BCUT2D eigenvalue weighted by molar-refractivity contribution is 5.63. The Kier molecular flexibility index (Phi) is 2.81. The Bertz CT molecular complexity index is 421. The minimum Gasteiger partial charge on any atom is -0.276 e. The fourth-order valence-electron chi connectivity index (χ4n) is 1.87. The molecule has 0 saturated carbocycles. The van der Waals surface area contributed by atoms with Crippen molar-refractivity contribution >= 4 is 0 Å². The second-order valence-electron chi connectivity index (χ2n) is 4.71. The van der Waals surface area contributed by atoms with Crippen LogP contribution in [0.3, 0.4) is 0 Å². The molecule has 0 aromatic carbocycles. The maximum Gasteiger partial charge on any atom is 0.0866 e. The van der Waals surface area contributed by atoms with Crippen LogP contribution in [0.15, 0.2) is 12.4 Å². The van der Waals surface area contributed by atoms with Gasteiger partial charge in [-0.1, -0.05) is 27.7 Å². The molecular weight excluding hydrogens is 200 g/mol. The normalized spacial score (nSPS) is 11.6. The van der Waals surface area contributed by atoms with E-state index in [2.05, 4.69) is 48.1 Å². The van der Waals surface area contributed by atoms with Crippen LogP contribution in [0.2, 0.25) is 0 Å². The molecule has 2 heterocycles. The van der Waals surface area contributed by atoms with Crippen molar-refractivity contribution in [3.63, 3.8) is 0 Å². The fraction of sp³-hybridized carbons (Fsp3) is 0.500. The van der Waals surface area contributed by atoms with Gasteiger partial charge in [-0.2, -0.15) is 10.2 Å². The first-order valence-electron chi connectivity index (χ1n) is 5.68. The lowest BCUT2D eigenvalue weighted by molar-refractivity contribution is 0.857. The summed E-state index contributed by atoms with van der Waals surface area (Å²) in [6, 6.07) is 0. The molecule has 0 amide bonds. The Morgan fingerprint density at radius 2 is 1.19 bits per heavy atom. The van der Waals surface area contributed by atoms with Crippen LogP contribution in [0.4, 0.5) is 0 Å². The zero-order chi connectivity index (χ0) is 11.7. The van der Waals surface area contributed by atoms with E-state index >= 15 is 0 Å². The summed E-state index contributed by atoms with van der Waals surface area (Å²) in [5, 5.41) is 14.4. The number of rotatable bonds is 3. The zero-order valence-electron chi connectivity index (χ0n) is 10.2. The summed E-state index contributed by atoms with van der Waals surface area (Å²) in [5.41, 5.74) is 4.59. The van der Waals surface area contributed by atoms with Gasteiger partial charge in [-0.25, -0.2) is 0 Å². The predicted octanol–water partition coefficient (Wildman–Crippen LogP) is 3.05. The molecule has 86 valence electrons. The second-order valence-corrected chi connectivity index (χ2v) is 4.71. The molecule has 2 rings (SSSR count). The zero-order valence-corrected chi connectivity index (χ0v) is 10.2. The monoisotopic (exact) mass is 218 g/mol. The van der Waals surface area contributed by atoms with Gasteiger partial charge in [0.2, 0.25) is 0 Å². The first-order valence-corrected chi connectivity index (χ1v) is 5.68. The number of aromatic amines is 2. The summed E-state index contributed by atoms with van der Waals surface area (Å²) in [6.45, 7) is 8.67. The standard InChI is InChI=1S/C12H18N4/c1-7(2)9-5-13-15-11(9)12-10(8(3)4)6-14-16-12/h5-8H,1-4H3,(H,13,15)(H,14,16). The van der Waals surface area contributed by atoms with Gasteiger partial charge in [0.15, 0.2) is 0 Å². The van der Waals surface area contributed by atoms with Crippen molar-refractivity contribution in [3.05, 3.63) is 23.5 Å². The summed E-state index contributed by atoms with van der Waals surface area (Å²) in [7, 11) is 0. The summed E-state index contributed by atoms with van der Waals surface area (Å²) >= 11 is 0. The van der Waals surface area contributed by atoms with Crippen molar-refractivity contribution < 1.29 is 0 Å². The van der Waals surface area contributed by atoms with Crippen LogP contribution < -0.4 is 0 Å². The van der Waals surface area contributed by atoms with Crippen molar-refractivity contribution in [2.45, 2.75) is 39.5 Å². The van der Waals surface area contributed by atoms with Crippen molar-refractivity contribution in [1.82, 2.24) is 20.4 Å². The fourth-order valence-corrected chi connectivity index (χ4v) is 1.87. The molecule has 0 fully saturated rings. The van der Waals surface area contributed by atoms with E-state index < -0.39 is 0 Å². The molecule has 0 unspecified atom stereocenters. The van der Waals surface area contributed by atoms with E-state index in [0.717, 1.165) is 11.4 Å². The Hall–Kier alpha value is -1.58. The maximum absolute atomic E-state index is 4.13. The highest BCUT2D eigenvalue weighted by Crippen LogP contribution is 2.30. The van der Waals surface area contributed by atoms with Crippen LogP contribution >= 0.6 is 0 Å². The van der Waals surface area contributed by atoms with Crippen molar-refractivity contribution in [2.75, 3.05) is 0 Å². The van der Waals surface area contributed by atoms with Gasteiger partial charge in [0.1, 0.15) is 0 Å². The molecular formula is C12H18N4. The average Bonchev–Trinajstić information content (AvgIpc) is 2.85. The minimum atomic E-state index is 0.456. The van der Waals surface area contributed by atoms with Crippen LogP contribution in [-0.2, 0) is 0 Å². The van der Waals surface area contributed by atoms with E-state index in [1.165, 1.54) is 11.1 Å². The van der Waals surface area contributed by atoms with Crippen LogP contribution in [0.5, 0.6) is 0 Å². The SMILES string of the molecule is CC(C)c1cn[nH]c1-c1[nH]ncc1C(C)C. The first-order chi connectivity index (χ1) is 7.61. The molecule has 0 radical (unpaired) electrons. The molecule has 16 heavy (non-hydrogen) atoms. The second kappa shape index (κ2) is 4.12. The number of nitrogens with zero attached hydrogens (tertiary/aromatic N) is 2.